The minimum Gasteiger partial charge on any atom is -0.495 e. The van der Waals surface area contributed by atoms with Crippen LogP contribution >= 0.6 is 0 Å². The number of rotatable bonds is 13. The van der Waals surface area contributed by atoms with Gasteiger partial charge in [0.15, 0.2) is 0 Å². The van der Waals surface area contributed by atoms with Gasteiger partial charge >= 0.3 is 6.03 Å². The minimum atomic E-state index is -1.29. The van der Waals surface area contributed by atoms with E-state index in [4.69, 9.17) is 4.74 Å². The van der Waals surface area contributed by atoms with Crippen molar-refractivity contribution in [1.29, 1.82) is 0 Å². The number of nitrogens with zero attached hydrogens (tertiary/aromatic N) is 7. The van der Waals surface area contributed by atoms with Crippen LogP contribution in [0.1, 0.15) is 57.7 Å². The number of H-pyrrole nitrogens is 1. The lowest BCUT2D eigenvalue weighted by Gasteiger charge is -2.38. The highest BCUT2D eigenvalue weighted by atomic mass is 19.1. The molecular formula is C52H56F2N10O6. The number of amides is 5. The number of aromatic amines is 1. The highest BCUT2D eigenvalue weighted by Crippen LogP contribution is 2.36. The lowest BCUT2D eigenvalue weighted by atomic mass is 9.96. The third-order valence-electron chi connectivity index (χ3n) is 13.5. The summed E-state index contributed by atoms with van der Waals surface area (Å²) in [6.07, 6.45) is 1.58. The molecule has 70 heavy (non-hydrogen) atoms. The number of fused-ring (bicyclic) bond motifs is 1. The first-order valence-corrected chi connectivity index (χ1v) is 23.4. The average Bonchev–Trinajstić information content (AvgIpc) is 3.79. The Morgan fingerprint density at radius 1 is 0.829 bits per heavy atom. The van der Waals surface area contributed by atoms with Crippen LogP contribution in [0.4, 0.5) is 25.0 Å². The molecule has 6 aromatic rings. The Kier molecular flexibility index (Phi) is 13.7. The fraction of sp³-hybridized carbons (Fsp3) is 0.346. The predicted molar refractivity (Wildman–Crippen MR) is 262 cm³/mol. The van der Waals surface area contributed by atoms with Crippen LogP contribution in [0.25, 0.3) is 33.5 Å². The van der Waals surface area contributed by atoms with Crippen molar-refractivity contribution in [2.75, 3.05) is 89.3 Å². The molecule has 0 saturated carbocycles. The highest BCUT2D eigenvalue weighted by molar-refractivity contribution is 6.07. The molecule has 364 valence electrons. The number of methoxy groups -OCH3 is 1. The molecule has 3 aliphatic heterocycles. The van der Waals surface area contributed by atoms with E-state index in [-0.39, 0.29) is 36.0 Å². The smallest absolute Gasteiger partial charge is 0.328 e. The highest BCUT2D eigenvalue weighted by Gasteiger charge is 2.30. The molecule has 0 aliphatic carbocycles. The molecule has 0 spiro atoms. The Hall–Kier alpha value is -7.12. The van der Waals surface area contributed by atoms with Gasteiger partial charge in [0.2, 0.25) is 5.91 Å². The van der Waals surface area contributed by atoms with Crippen molar-refractivity contribution in [2.45, 2.75) is 39.3 Å². The number of aliphatic hydroxyl groups is 1. The fourth-order valence-corrected chi connectivity index (χ4v) is 9.32. The normalized spacial score (nSPS) is 16.4. The van der Waals surface area contributed by atoms with Gasteiger partial charge in [0.05, 0.1) is 29.7 Å². The molecule has 3 saturated heterocycles. The zero-order valence-corrected chi connectivity index (χ0v) is 39.7. The number of carbonyl (C=O) groups excluding carboxylic acids is 4. The molecule has 9 rings (SSSR count). The Labute approximate surface area is 404 Å². The summed E-state index contributed by atoms with van der Waals surface area (Å²) in [6, 6.07) is 21.3. The lowest BCUT2D eigenvalue weighted by molar-refractivity contribution is -0.120. The zero-order chi connectivity index (χ0) is 49.3. The van der Waals surface area contributed by atoms with E-state index in [0.29, 0.717) is 63.5 Å². The number of ether oxygens (including phenoxy) is 1. The summed E-state index contributed by atoms with van der Waals surface area (Å²) in [7, 11) is 1.51. The lowest BCUT2D eigenvalue weighted by Crippen LogP contribution is -2.52. The molecule has 16 nitrogen and oxygen atoms in total. The fourth-order valence-electron chi connectivity index (χ4n) is 9.32. The molecule has 2 aromatic heterocycles. The van der Waals surface area contributed by atoms with Gasteiger partial charge in [-0.3, -0.25) is 39.3 Å². The van der Waals surface area contributed by atoms with Crippen LogP contribution in [0.5, 0.6) is 5.75 Å². The molecule has 5 amide bonds. The van der Waals surface area contributed by atoms with Crippen LogP contribution in [0, 0.1) is 18.6 Å². The number of benzene rings is 4. The molecule has 4 N–H and O–H groups in total. The maximum Gasteiger partial charge on any atom is 0.328 e. The largest absolute Gasteiger partial charge is 0.495 e. The maximum absolute atomic E-state index is 15.2. The van der Waals surface area contributed by atoms with Crippen molar-refractivity contribution in [2.24, 2.45) is 0 Å². The third-order valence-corrected chi connectivity index (χ3v) is 13.5. The summed E-state index contributed by atoms with van der Waals surface area (Å²) >= 11 is 0. The van der Waals surface area contributed by atoms with Gasteiger partial charge in [-0.15, -0.1) is 0 Å². The minimum absolute atomic E-state index is 0.0999. The first kappa shape index (κ1) is 47.9. The first-order valence-electron chi connectivity index (χ1n) is 23.4. The standard InChI is InChI=1S/C52H56F2N10O6/c1-32-39(27-37(53)28-42(32)58-49(66)38-11-10-36(26-41(38)54)52(2,3)69)47-40-29-43(57-48(40)56-31-55-47)34-7-5-33(6-8-34)30-62-19-17-60(18-20-62)15-16-61-21-23-63(24-22-61)50(67)35-9-12-45(70-4)44(25-35)64-14-13-46(65)59-51(64)68/h5-12,25-29,31,69H,13-24,30H2,1-4H3,(H,58,66)(H,55,56,57)(H,59,65,68). The van der Waals surface area contributed by atoms with Crippen LogP contribution in [0.2, 0.25) is 0 Å². The molecule has 0 radical (unpaired) electrons. The summed E-state index contributed by atoms with van der Waals surface area (Å²) in [6.45, 7) is 14.3. The van der Waals surface area contributed by atoms with Crippen LogP contribution < -0.4 is 20.3 Å². The molecule has 5 heterocycles. The first-order chi connectivity index (χ1) is 33.6. The van der Waals surface area contributed by atoms with Crippen LogP contribution in [0.15, 0.2) is 85.2 Å². The van der Waals surface area contributed by atoms with Gasteiger partial charge in [-0.2, -0.15) is 0 Å². The number of anilines is 2. The summed E-state index contributed by atoms with van der Waals surface area (Å²) < 4.78 is 35.7. The second kappa shape index (κ2) is 20.1. The van der Waals surface area contributed by atoms with E-state index in [1.165, 1.54) is 62.0 Å². The second-order valence-electron chi connectivity index (χ2n) is 18.6. The van der Waals surface area contributed by atoms with Gasteiger partial charge in [0.25, 0.3) is 11.8 Å². The number of halogens is 2. The van der Waals surface area contributed by atoms with Gasteiger partial charge in [0, 0.05) is 113 Å². The van der Waals surface area contributed by atoms with Crippen molar-refractivity contribution in [3.8, 4) is 28.3 Å². The predicted octanol–water partition coefficient (Wildman–Crippen LogP) is 6.39. The van der Waals surface area contributed by atoms with E-state index in [1.54, 1.807) is 25.1 Å². The quantitative estimate of drug-likeness (QED) is 0.101. The summed E-state index contributed by atoms with van der Waals surface area (Å²) in [5, 5.41) is 15.9. The molecule has 0 atom stereocenters. The van der Waals surface area contributed by atoms with Crippen molar-refractivity contribution < 1.29 is 37.8 Å². The number of aromatic nitrogens is 3. The molecular weight excluding hydrogens is 899 g/mol. The summed E-state index contributed by atoms with van der Waals surface area (Å²) in [4.78, 5) is 74.1. The Morgan fingerprint density at radius 2 is 1.53 bits per heavy atom. The van der Waals surface area contributed by atoms with Gasteiger partial charge in [0.1, 0.15) is 29.4 Å². The van der Waals surface area contributed by atoms with E-state index in [9.17, 15) is 24.3 Å². The van der Waals surface area contributed by atoms with Crippen LogP contribution in [-0.4, -0.2) is 143 Å². The Morgan fingerprint density at radius 3 is 2.20 bits per heavy atom. The maximum atomic E-state index is 15.2. The zero-order valence-electron chi connectivity index (χ0n) is 39.7. The molecule has 3 aliphatic rings. The van der Waals surface area contributed by atoms with E-state index < -0.39 is 29.2 Å². The molecule has 4 aromatic carbocycles. The number of carbonyl (C=O) groups is 4. The van der Waals surface area contributed by atoms with Crippen molar-refractivity contribution in [3.05, 3.63) is 125 Å². The molecule has 18 heteroatoms. The average molecular weight is 955 g/mol. The second-order valence-corrected chi connectivity index (χ2v) is 18.6. The van der Waals surface area contributed by atoms with E-state index in [1.807, 2.05) is 11.0 Å². The number of hydrogen-bond donors (Lipinski definition) is 4. The third kappa shape index (κ3) is 10.4. The van der Waals surface area contributed by atoms with Crippen LogP contribution in [0.3, 0.4) is 0 Å². The number of hydrogen-bond acceptors (Lipinski definition) is 11. The van der Waals surface area contributed by atoms with Crippen LogP contribution in [-0.2, 0) is 16.9 Å². The van der Waals surface area contributed by atoms with Gasteiger partial charge in [-0.05, 0) is 91.6 Å². The monoisotopic (exact) mass is 954 g/mol. The Bertz CT molecular complexity index is 2960. The number of imide groups is 1. The summed E-state index contributed by atoms with van der Waals surface area (Å²) in [5.41, 5.74) is 4.86. The molecule has 3 fully saturated rings. The van der Waals surface area contributed by atoms with Crippen molar-refractivity contribution >= 4 is 46.2 Å². The van der Waals surface area contributed by atoms with Gasteiger partial charge < -0.3 is 25.0 Å². The summed E-state index contributed by atoms with van der Waals surface area (Å²) in [5.74, 6) is -2.14. The van der Waals surface area contributed by atoms with Gasteiger partial charge in [-0.25, -0.2) is 23.5 Å². The molecule has 0 unspecified atom stereocenters. The Balaban J connectivity index is 0.758. The van der Waals surface area contributed by atoms with Crippen molar-refractivity contribution in [1.82, 2.24) is 39.9 Å². The number of nitrogens with one attached hydrogen (secondary N) is 3. The topological polar surface area (TPSA) is 180 Å². The number of piperazine rings is 2. The molecule has 0 bridgehead atoms. The van der Waals surface area contributed by atoms with Crippen molar-refractivity contribution in [3.63, 3.8) is 0 Å². The van der Waals surface area contributed by atoms with E-state index in [2.05, 4.69) is 64.6 Å². The number of urea groups is 1. The van der Waals surface area contributed by atoms with Gasteiger partial charge in [-0.1, -0.05) is 30.3 Å². The van der Waals surface area contributed by atoms with E-state index in [0.717, 1.165) is 76.2 Å². The SMILES string of the molecule is COc1ccc(C(=O)N2CCN(CCN3CCN(Cc4ccc(-c5cc6c(-c7cc(F)cc(NC(=O)c8ccc(C(C)(C)O)cc8F)c7C)ncnc6[nH]5)cc4)CC3)CC2)cc1N1CCC(=O)NC1=O. The van der Waals surface area contributed by atoms with E-state index >= 15 is 8.78 Å².